The van der Waals surface area contributed by atoms with E-state index in [4.69, 9.17) is 9.47 Å². The molecular weight excluding hydrogens is 206 g/mol. The molecule has 0 spiro atoms. The topological polar surface area (TPSA) is 38.8 Å². The fourth-order valence-electron chi connectivity index (χ4n) is 1.10. The summed E-state index contributed by atoms with van der Waals surface area (Å²) in [5, 5.41) is 0. The Morgan fingerprint density at radius 2 is 2.00 bits per heavy atom. The molecule has 0 saturated heterocycles. The summed E-state index contributed by atoms with van der Waals surface area (Å²) in [6, 6.07) is 9.00. The fourth-order valence-corrected chi connectivity index (χ4v) is 1.10. The second-order valence-corrected chi connectivity index (χ2v) is 3.30. The summed E-state index contributed by atoms with van der Waals surface area (Å²) in [5.41, 5.74) is 0. The minimum absolute atomic E-state index is 0.370. The maximum atomic E-state index is 11.6. The standard InChI is InChI=1S/C12H17NO3/c1-3-15-10-9-13(2)12(14)16-11-7-5-4-6-8-11/h4-8H,3,9-10H2,1-2H3. The van der Waals surface area contributed by atoms with Crippen LogP contribution in [0.15, 0.2) is 30.3 Å². The largest absolute Gasteiger partial charge is 0.415 e. The summed E-state index contributed by atoms with van der Waals surface area (Å²) in [6.07, 6.45) is -0.370. The Kier molecular flexibility index (Phi) is 5.36. The van der Waals surface area contributed by atoms with Gasteiger partial charge in [0.05, 0.1) is 6.61 Å². The highest BCUT2D eigenvalue weighted by molar-refractivity contribution is 5.70. The first kappa shape index (κ1) is 12.5. The Morgan fingerprint density at radius 3 is 2.62 bits per heavy atom. The highest BCUT2D eigenvalue weighted by Gasteiger charge is 2.10. The van der Waals surface area contributed by atoms with Crippen molar-refractivity contribution in [3.8, 4) is 5.75 Å². The summed E-state index contributed by atoms with van der Waals surface area (Å²) in [5.74, 6) is 0.552. The zero-order valence-corrected chi connectivity index (χ0v) is 9.68. The van der Waals surface area contributed by atoms with Crippen LogP contribution in [0.25, 0.3) is 0 Å². The molecule has 88 valence electrons. The van der Waals surface area contributed by atoms with Crippen molar-refractivity contribution in [2.24, 2.45) is 0 Å². The van der Waals surface area contributed by atoms with Crippen molar-refractivity contribution in [3.63, 3.8) is 0 Å². The van der Waals surface area contributed by atoms with Gasteiger partial charge in [0.1, 0.15) is 5.75 Å². The number of amides is 1. The van der Waals surface area contributed by atoms with E-state index in [0.29, 0.717) is 25.5 Å². The molecule has 16 heavy (non-hydrogen) atoms. The molecule has 1 rings (SSSR count). The molecule has 0 heterocycles. The van der Waals surface area contributed by atoms with Crippen LogP contribution >= 0.6 is 0 Å². The number of benzene rings is 1. The number of hydrogen-bond acceptors (Lipinski definition) is 3. The van der Waals surface area contributed by atoms with E-state index >= 15 is 0 Å². The second kappa shape index (κ2) is 6.85. The first-order valence-electron chi connectivity index (χ1n) is 5.29. The zero-order chi connectivity index (χ0) is 11.8. The van der Waals surface area contributed by atoms with Crippen molar-refractivity contribution in [2.75, 3.05) is 26.8 Å². The van der Waals surface area contributed by atoms with Crippen molar-refractivity contribution in [1.82, 2.24) is 4.90 Å². The zero-order valence-electron chi connectivity index (χ0n) is 9.68. The number of carbonyl (C=O) groups is 1. The van der Waals surface area contributed by atoms with Gasteiger partial charge in [-0.25, -0.2) is 4.79 Å². The molecule has 4 heteroatoms. The summed E-state index contributed by atoms with van der Waals surface area (Å²) < 4.78 is 10.3. The average molecular weight is 223 g/mol. The van der Waals surface area contributed by atoms with Crippen molar-refractivity contribution < 1.29 is 14.3 Å². The number of ether oxygens (including phenoxy) is 2. The van der Waals surface area contributed by atoms with Gasteiger partial charge >= 0.3 is 6.09 Å². The number of para-hydroxylation sites is 1. The van der Waals surface area contributed by atoms with Gasteiger partial charge in [0.2, 0.25) is 0 Å². The highest BCUT2D eigenvalue weighted by Crippen LogP contribution is 2.09. The maximum Gasteiger partial charge on any atom is 0.415 e. The molecule has 0 radical (unpaired) electrons. The van der Waals surface area contributed by atoms with Gasteiger partial charge < -0.3 is 14.4 Å². The van der Waals surface area contributed by atoms with Crippen LogP contribution in [0.3, 0.4) is 0 Å². The maximum absolute atomic E-state index is 11.6. The lowest BCUT2D eigenvalue weighted by Crippen LogP contribution is -2.32. The van der Waals surface area contributed by atoms with Crippen molar-refractivity contribution in [1.29, 1.82) is 0 Å². The second-order valence-electron chi connectivity index (χ2n) is 3.30. The molecule has 0 aromatic heterocycles. The number of hydrogen-bond donors (Lipinski definition) is 0. The molecule has 1 aromatic rings. The molecule has 0 aliphatic carbocycles. The van der Waals surface area contributed by atoms with E-state index < -0.39 is 0 Å². The highest BCUT2D eigenvalue weighted by atomic mass is 16.6. The van der Waals surface area contributed by atoms with Gasteiger partial charge in [-0.1, -0.05) is 18.2 Å². The average Bonchev–Trinajstić information content (AvgIpc) is 2.30. The normalized spacial score (nSPS) is 9.88. The molecular formula is C12H17NO3. The minimum atomic E-state index is -0.370. The summed E-state index contributed by atoms with van der Waals surface area (Å²) in [6.45, 7) is 3.63. The number of rotatable bonds is 5. The summed E-state index contributed by atoms with van der Waals surface area (Å²) >= 11 is 0. The van der Waals surface area contributed by atoms with Crippen LogP contribution in [-0.4, -0.2) is 37.8 Å². The minimum Gasteiger partial charge on any atom is -0.410 e. The molecule has 0 unspecified atom stereocenters. The fraction of sp³-hybridized carbons (Fsp3) is 0.417. The molecule has 4 nitrogen and oxygen atoms in total. The molecule has 1 amide bonds. The van der Waals surface area contributed by atoms with Gasteiger partial charge in [-0.15, -0.1) is 0 Å². The van der Waals surface area contributed by atoms with E-state index in [1.54, 1.807) is 19.2 Å². The van der Waals surface area contributed by atoms with Gasteiger partial charge in [-0.2, -0.15) is 0 Å². The van der Waals surface area contributed by atoms with Crippen LogP contribution < -0.4 is 4.74 Å². The van der Waals surface area contributed by atoms with E-state index in [1.807, 2.05) is 25.1 Å². The number of likely N-dealkylation sites (N-methyl/N-ethyl adjacent to an activating group) is 1. The van der Waals surface area contributed by atoms with Crippen LogP contribution in [0, 0.1) is 0 Å². The van der Waals surface area contributed by atoms with E-state index in [0.717, 1.165) is 0 Å². The first-order valence-corrected chi connectivity index (χ1v) is 5.29. The molecule has 1 aromatic carbocycles. The van der Waals surface area contributed by atoms with Gasteiger partial charge in [-0.05, 0) is 19.1 Å². The third-order valence-corrected chi connectivity index (χ3v) is 2.04. The van der Waals surface area contributed by atoms with Gasteiger partial charge in [0.15, 0.2) is 0 Å². The molecule has 0 N–H and O–H groups in total. The van der Waals surface area contributed by atoms with Crippen LogP contribution in [0.1, 0.15) is 6.92 Å². The summed E-state index contributed by atoms with van der Waals surface area (Å²) in [4.78, 5) is 13.0. The van der Waals surface area contributed by atoms with Gasteiger partial charge in [-0.3, -0.25) is 0 Å². The van der Waals surface area contributed by atoms with Crippen LogP contribution in [0.2, 0.25) is 0 Å². The molecule has 0 bridgehead atoms. The molecule has 0 aliphatic rings. The van der Waals surface area contributed by atoms with E-state index in [1.165, 1.54) is 4.90 Å². The van der Waals surface area contributed by atoms with E-state index in [-0.39, 0.29) is 6.09 Å². The lowest BCUT2D eigenvalue weighted by molar-refractivity contribution is 0.113. The van der Waals surface area contributed by atoms with Crippen LogP contribution in [-0.2, 0) is 4.74 Å². The third-order valence-electron chi connectivity index (χ3n) is 2.04. The van der Waals surface area contributed by atoms with Crippen molar-refractivity contribution in [3.05, 3.63) is 30.3 Å². The first-order chi connectivity index (χ1) is 7.74. The molecule has 0 aliphatic heterocycles. The number of carbonyl (C=O) groups excluding carboxylic acids is 1. The summed E-state index contributed by atoms with van der Waals surface area (Å²) in [7, 11) is 1.68. The van der Waals surface area contributed by atoms with Crippen molar-refractivity contribution >= 4 is 6.09 Å². The van der Waals surface area contributed by atoms with Gasteiger partial charge in [0.25, 0.3) is 0 Å². The monoisotopic (exact) mass is 223 g/mol. The Bertz CT molecular complexity index is 313. The Balaban J connectivity index is 2.34. The molecule has 0 saturated carbocycles. The lowest BCUT2D eigenvalue weighted by Gasteiger charge is -2.16. The predicted molar refractivity (Wildman–Crippen MR) is 61.6 cm³/mol. The van der Waals surface area contributed by atoms with E-state index in [2.05, 4.69) is 0 Å². The Hall–Kier alpha value is -1.55. The number of nitrogens with zero attached hydrogens (tertiary/aromatic N) is 1. The molecule has 0 fully saturated rings. The Labute approximate surface area is 95.8 Å². The quantitative estimate of drug-likeness (QED) is 0.718. The smallest absolute Gasteiger partial charge is 0.410 e. The Morgan fingerprint density at radius 1 is 1.31 bits per heavy atom. The van der Waals surface area contributed by atoms with Crippen LogP contribution in [0.5, 0.6) is 5.75 Å². The SMILES string of the molecule is CCOCCN(C)C(=O)Oc1ccccc1. The van der Waals surface area contributed by atoms with Crippen molar-refractivity contribution in [2.45, 2.75) is 6.92 Å². The predicted octanol–water partition coefficient (Wildman–Crippen LogP) is 2.15. The molecule has 0 atom stereocenters. The third kappa shape index (κ3) is 4.31. The van der Waals surface area contributed by atoms with Crippen LogP contribution in [0.4, 0.5) is 4.79 Å². The lowest BCUT2D eigenvalue weighted by atomic mass is 10.3. The van der Waals surface area contributed by atoms with Gasteiger partial charge in [0, 0.05) is 20.2 Å². The van der Waals surface area contributed by atoms with E-state index in [9.17, 15) is 4.79 Å².